The number of aromatic amines is 1. The van der Waals surface area contributed by atoms with E-state index >= 15 is 0 Å². The zero-order chi connectivity index (χ0) is 13.0. The molecule has 0 aliphatic heterocycles. The van der Waals surface area contributed by atoms with Crippen LogP contribution in [0.1, 0.15) is 12.7 Å². The summed E-state index contributed by atoms with van der Waals surface area (Å²) in [5.74, 6) is 1.08. The quantitative estimate of drug-likeness (QED) is 0.543. The second kappa shape index (κ2) is 3.60. The third-order valence-electron chi connectivity index (χ3n) is 3.88. The topological polar surface area (TPSA) is 33.6 Å². The minimum atomic E-state index is 0.952. The molecule has 1 N–H and O–H groups in total. The summed E-state index contributed by atoms with van der Waals surface area (Å²) in [6.45, 7) is 5.17. The number of nitrogens with one attached hydrogen (secondary N) is 1. The summed E-state index contributed by atoms with van der Waals surface area (Å²) in [5, 5.41) is 2.52. The first kappa shape index (κ1) is 10.6. The van der Waals surface area contributed by atoms with Crippen molar-refractivity contribution in [2.45, 2.75) is 20.4 Å². The SMILES string of the molecule is CCn1c(C)nc2cc3c(cc21)[nH]c1ccccc13. The minimum Gasteiger partial charge on any atom is -0.354 e. The normalized spacial score (nSPS) is 11.9. The Labute approximate surface area is 110 Å². The Morgan fingerprint density at radius 3 is 2.79 bits per heavy atom. The van der Waals surface area contributed by atoms with E-state index in [1.165, 1.54) is 27.3 Å². The van der Waals surface area contributed by atoms with Gasteiger partial charge in [0.1, 0.15) is 5.82 Å². The van der Waals surface area contributed by atoms with Gasteiger partial charge in [-0.3, -0.25) is 0 Å². The zero-order valence-electron chi connectivity index (χ0n) is 11.1. The Morgan fingerprint density at radius 1 is 1.11 bits per heavy atom. The lowest BCUT2D eigenvalue weighted by Crippen LogP contribution is -1.95. The molecule has 2 heterocycles. The Hall–Kier alpha value is -2.29. The summed E-state index contributed by atoms with van der Waals surface area (Å²) in [6.07, 6.45) is 0. The van der Waals surface area contributed by atoms with Crippen LogP contribution >= 0.6 is 0 Å². The summed E-state index contributed by atoms with van der Waals surface area (Å²) in [7, 11) is 0. The average molecular weight is 249 g/mol. The molecule has 0 unspecified atom stereocenters. The molecule has 4 rings (SSSR count). The molecule has 94 valence electrons. The molecular formula is C16H15N3. The summed E-state index contributed by atoms with van der Waals surface area (Å²) in [6, 6.07) is 12.8. The maximum absolute atomic E-state index is 4.67. The van der Waals surface area contributed by atoms with Gasteiger partial charge in [0.25, 0.3) is 0 Å². The van der Waals surface area contributed by atoms with Crippen molar-refractivity contribution in [1.82, 2.24) is 14.5 Å². The van der Waals surface area contributed by atoms with Gasteiger partial charge in [-0.2, -0.15) is 0 Å². The van der Waals surface area contributed by atoms with E-state index in [0.29, 0.717) is 0 Å². The number of rotatable bonds is 1. The standard InChI is InChI=1S/C16H15N3/c1-3-19-10(2)17-15-8-12-11-6-4-5-7-13(11)18-14(12)9-16(15)19/h4-9,18H,3H2,1-2H3. The molecule has 0 aliphatic carbocycles. The van der Waals surface area contributed by atoms with Crippen LogP contribution in [0.15, 0.2) is 36.4 Å². The first-order valence-electron chi connectivity index (χ1n) is 6.65. The van der Waals surface area contributed by atoms with Crippen LogP contribution in [0.3, 0.4) is 0 Å². The molecule has 0 radical (unpaired) electrons. The number of hydrogen-bond acceptors (Lipinski definition) is 1. The van der Waals surface area contributed by atoms with Gasteiger partial charge in [0.2, 0.25) is 0 Å². The number of imidazole rings is 1. The first-order chi connectivity index (χ1) is 9.28. The zero-order valence-corrected chi connectivity index (χ0v) is 11.1. The van der Waals surface area contributed by atoms with Gasteiger partial charge in [-0.05, 0) is 32.0 Å². The van der Waals surface area contributed by atoms with E-state index in [1.54, 1.807) is 0 Å². The first-order valence-corrected chi connectivity index (χ1v) is 6.65. The van der Waals surface area contributed by atoms with Crippen LogP contribution in [-0.2, 0) is 6.54 Å². The molecule has 0 aliphatic rings. The van der Waals surface area contributed by atoms with Crippen LogP contribution in [0, 0.1) is 6.92 Å². The highest BCUT2D eigenvalue weighted by atomic mass is 15.1. The Morgan fingerprint density at radius 2 is 1.95 bits per heavy atom. The Balaban J connectivity index is 2.20. The summed E-state index contributed by atoms with van der Waals surface area (Å²) in [4.78, 5) is 8.16. The predicted molar refractivity (Wildman–Crippen MR) is 79.5 cm³/mol. The molecule has 2 aromatic heterocycles. The predicted octanol–water partition coefficient (Wildman–Crippen LogP) is 4.00. The maximum atomic E-state index is 4.67. The van der Waals surface area contributed by atoms with Crippen LogP contribution in [0.5, 0.6) is 0 Å². The number of para-hydroxylation sites is 1. The molecule has 0 saturated carbocycles. The van der Waals surface area contributed by atoms with E-state index in [-0.39, 0.29) is 0 Å². The molecule has 0 spiro atoms. The fourth-order valence-electron chi connectivity index (χ4n) is 2.99. The van der Waals surface area contributed by atoms with Gasteiger partial charge in [0, 0.05) is 28.4 Å². The van der Waals surface area contributed by atoms with Crippen LogP contribution in [0.4, 0.5) is 0 Å². The van der Waals surface area contributed by atoms with Crippen molar-refractivity contribution >= 4 is 32.8 Å². The Kier molecular flexibility index (Phi) is 2.01. The molecule has 0 fully saturated rings. The van der Waals surface area contributed by atoms with Crippen molar-refractivity contribution in [3.63, 3.8) is 0 Å². The molecule has 0 amide bonds. The van der Waals surface area contributed by atoms with Crippen molar-refractivity contribution < 1.29 is 0 Å². The van der Waals surface area contributed by atoms with Crippen molar-refractivity contribution in [1.29, 1.82) is 0 Å². The fourth-order valence-corrected chi connectivity index (χ4v) is 2.99. The highest BCUT2D eigenvalue weighted by Gasteiger charge is 2.10. The van der Waals surface area contributed by atoms with Crippen molar-refractivity contribution in [3.8, 4) is 0 Å². The molecule has 3 heteroatoms. The van der Waals surface area contributed by atoms with Crippen LogP contribution in [0.2, 0.25) is 0 Å². The van der Waals surface area contributed by atoms with Gasteiger partial charge >= 0.3 is 0 Å². The highest BCUT2D eigenvalue weighted by Crippen LogP contribution is 2.29. The lowest BCUT2D eigenvalue weighted by Gasteiger charge is -2.01. The van der Waals surface area contributed by atoms with Gasteiger partial charge in [0.15, 0.2) is 0 Å². The number of H-pyrrole nitrogens is 1. The number of hydrogen-bond donors (Lipinski definition) is 1. The summed E-state index contributed by atoms with van der Waals surface area (Å²) < 4.78 is 2.25. The van der Waals surface area contributed by atoms with E-state index in [2.05, 4.69) is 64.8 Å². The van der Waals surface area contributed by atoms with Crippen molar-refractivity contribution in [2.24, 2.45) is 0 Å². The van der Waals surface area contributed by atoms with E-state index in [0.717, 1.165) is 17.9 Å². The minimum absolute atomic E-state index is 0.952. The number of nitrogens with zero attached hydrogens (tertiary/aromatic N) is 2. The second-order valence-electron chi connectivity index (χ2n) is 4.96. The van der Waals surface area contributed by atoms with Crippen molar-refractivity contribution in [2.75, 3.05) is 0 Å². The van der Waals surface area contributed by atoms with Gasteiger partial charge in [-0.1, -0.05) is 18.2 Å². The smallest absolute Gasteiger partial charge is 0.106 e. The van der Waals surface area contributed by atoms with Gasteiger partial charge in [0.05, 0.1) is 11.0 Å². The van der Waals surface area contributed by atoms with Crippen molar-refractivity contribution in [3.05, 3.63) is 42.2 Å². The van der Waals surface area contributed by atoms with E-state index in [4.69, 9.17) is 0 Å². The van der Waals surface area contributed by atoms with E-state index < -0.39 is 0 Å². The summed E-state index contributed by atoms with van der Waals surface area (Å²) >= 11 is 0. The van der Waals surface area contributed by atoms with E-state index in [9.17, 15) is 0 Å². The fraction of sp³-hybridized carbons (Fsp3) is 0.188. The van der Waals surface area contributed by atoms with E-state index in [1.807, 2.05) is 0 Å². The number of aromatic nitrogens is 3. The lowest BCUT2D eigenvalue weighted by atomic mass is 10.1. The maximum Gasteiger partial charge on any atom is 0.106 e. The third kappa shape index (κ3) is 1.35. The molecule has 19 heavy (non-hydrogen) atoms. The molecule has 3 nitrogen and oxygen atoms in total. The van der Waals surface area contributed by atoms with Crippen LogP contribution in [0.25, 0.3) is 32.8 Å². The molecule has 0 saturated heterocycles. The van der Waals surface area contributed by atoms with Crippen LogP contribution < -0.4 is 0 Å². The molecular weight excluding hydrogens is 234 g/mol. The number of benzene rings is 2. The Bertz CT molecular complexity index is 912. The van der Waals surface area contributed by atoms with Gasteiger partial charge in [-0.15, -0.1) is 0 Å². The largest absolute Gasteiger partial charge is 0.354 e. The number of fused-ring (bicyclic) bond motifs is 4. The number of aryl methyl sites for hydroxylation is 2. The highest BCUT2D eigenvalue weighted by molar-refractivity contribution is 6.11. The molecule has 2 aromatic carbocycles. The monoisotopic (exact) mass is 249 g/mol. The molecule has 0 bridgehead atoms. The van der Waals surface area contributed by atoms with Crippen LogP contribution in [-0.4, -0.2) is 14.5 Å². The third-order valence-corrected chi connectivity index (χ3v) is 3.88. The summed E-state index contributed by atoms with van der Waals surface area (Å²) in [5.41, 5.74) is 4.66. The molecule has 4 aromatic rings. The van der Waals surface area contributed by atoms with Gasteiger partial charge < -0.3 is 9.55 Å². The average Bonchev–Trinajstić information content (AvgIpc) is 2.92. The molecule has 0 atom stereocenters. The lowest BCUT2D eigenvalue weighted by molar-refractivity contribution is 0.753. The van der Waals surface area contributed by atoms with Gasteiger partial charge in [-0.25, -0.2) is 4.98 Å². The second-order valence-corrected chi connectivity index (χ2v) is 4.96.